The van der Waals surface area contributed by atoms with Gasteiger partial charge >= 0.3 is 0 Å². The average molecular weight is 148 g/mol. The van der Waals surface area contributed by atoms with E-state index >= 15 is 0 Å². The third-order valence-corrected chi connectivity index (χ3v) is 1.28. The van der Waals surface area contributed by atoms with Crippen LogP contribution in [-0.4, -0.2) is 24.2 Å². The molecule has 1 atom stereocenters. The molecule has 0 saturated heterocycles. The Hall–Kier alpha value is -0.220. The van der Waals surface area contributed by atoms with E-state index in [0.29, 0.717) is 12.3 Å². The highest BCUT2D eigenvalue weighted by atomic mass is 32.1. The summed E-state index contributed by atoms with van der Waals surface area (Å²) < 4.78 is 0. The number of rotatable bonds is 3. The molecule has 0 aliphatic carbocycles. The van der Waals surface area contributed by atoms with Crippen molar-refractivity contribution in [3.8, 4) is 0 Å². The molecular formula is C5H12N2OS. The highest BCUT2D eigenvalue weighted by Gasteiger charge is 2.08. The largest absolute Gasteiger partial charge is 0.355 e. The Morgan fingerprint density at radius 2 is 2.44 bits per heavy atom. The Labute approximate surface area is 60.4 Å². The second kappa shape index (κ2) is 4.64. The number of nitrogens with one attached hydrogen (secondary N) is 1. The van der Waals surface area contributed by atoms with Gasteiger partial charge in [-0.15, -0.1) is 0 Å². The van der Waals surface area contributed by atoms with Crippen LogP contribution in [0.15, 0.2) is 0 Å². The topological polar surface area (TPSA) is 55.1 Å². The number of likely N-dealkylation sites (N-methyl/N-ethyl adjacent to an activating group) is 1. The summed E-state index contributed by atoms with van der Waals surface area (Å²) in [4.78, 5) is 10.7. The minimum absolute atomic E-state index is 0.132. The van der Waals surface area contributed by atoms with Crippen molar-refractivity contribution in [3.63, 3.8) is 0 Å². The average Bonchev–Trinajstić information content (AvgIpc) is 1.87. The van der Waals surface area contributed by atoms with Crippen LogP contribution in [0.4, 0.5) is 0 Å². The molecular weight excluding hydrogens is 136 g/mol. The van der Waals surface area contributed by atoms with Gasteiger partial charge in [0.15, 0.2) is 0 Å². The summed E-state index contributed by atoms with van der Waals surface area (Å²) in [5.74, 6) is 0.263. The second-order valence-electron chi connectivity index (χ2n) is 1.68. The van der Waals surface area contributed by atoms with Gasteiger partial charge in [-0.2, -0.15) is 12.6 Å². The first-order chi connectivity index (χ1) is 4.22. The molecule has 0 bridgehead atoms. The number of amides is 1. The highest BCUT2D eigenvalue weighted by Crippen LogP contribution is 1.81. The van der Waals surface area contributed by atoms with Gasteiger partial charge in [0.1, 0.15) is 0 Å². The standard InChI is InChI=1S/C5H12N2OS/c1-2-7-5(8)4(6)3-9/h4,9H,2-3,6H2,1H3,(H,7,8)/t4-/m0/s1. The second-order valence-corrected chi connectivity index (χ2v) is 2.05. The molecule has 0 rings (SSSR count). The maximum absolute atomic E-state index is 10.7. The van der Waals surface area contributed by atoms with Crippen molar-refractivity contribution in [2.45, 2.75) is 13.0 Å². The lowest BCUT2D eigenvalue weighted by Crippen LogP contribution is -2.41. The third-order valence-electron chi connectivity index (χ3n) is 0.884. The summed E-state index contributed by atoms with van der Waals surface area (Å²) in [7, 11) is 0. The Morgan fingerprint density at radius 3 is 2.78 bits per heavy atom. The quantitative estimate of drug-likeness (QED) is 0.467. The molecule has 0 fully saturated rings. The van der Waals surface area contributed by atoms with Gasteiger partial charge in [-0.05, 0) is 6.92 Å². The molecule has 0 unspecified atom stereocenters. The Kier molecular flexibility index (Phi) is 4.53. The number of hydrogen-bond acceptors (Lipinski definition) is 3. The molecule has 0 aromatic heterocycles. The minimum Gasteiger partial charge on any atom is -0.355 e. The van der Waals surface area contributed by atoms with Crippen LogP contribution in [0.25, 0.3) is 0 Å². The maximum atomic E-state index is 10.7. The first-order valence-corrected chi connectivity index (χ1v) is 3.49. The number of carbonyl (C=O) groups excluding carboxylic acids is 1. The zero-order valence-corrected chi connectivity index (χ0v) is 6.32. The summed E-state index contributed by atoms with van der Waals surface area (Å²) in [5.41, 5.74) is 5.31. The van der Waals surface area contributed by atoms with E-state index in [0.717, 1.165) is 0 Å². The number of thiol groups is 1. The number of carbonyl (C=O) groups is 1. The van der Waals surface area contributed by atoms with Crippen molar-refractivity contribution >= 4 is 18.5 Å². The van der Waals surface area contributed by atoms with Crippen molar-refractivity contribution < 1.29 is 4.79 Å². The van der Waals surface area contributed by atoms with Gasteiger partial charge in [0.05, 0.1) is 6.04 Å². The predicted octanol–water partition coefficient (Wildman–Crippen LogP) is -0.620. The molecule has 0 radical (unpaired) electrons. The lowest BCUT2D eigenvalue weighted by Gasteiger charge is -2.06. The van der Waals surface area contributed by atoms with Gasteiger partial charge in [-0.25, -0.2) is 0 Å². The molecule has 3 nitrogen and oxygen atoms in total. The number of hydrogen-bond donors (Lipinski definition) is 3. The van der Waals surface area contributed by atoms with E-state index < -0.39 is 6.04 Å². The lowest BCUT2D eigenvalue weighted by molar-refractivity contribution is -0.121. The van der Waals surface area contributed by atoms with Crippen LogP contribution in [0.1, 0.15) is 6.92 Å². The number of nitrogens with two attached hydrogens (primary N) is 1. The fraction of sp³-hybridized carbons (Fsp3) is 0.800. The first kappa shape index (κ1) is 8.78. The smallest absolute Gasteiger partial charge is 0.237 e. The van der Waals surface area contributed by atoms with Gasteiger partial charge in [0.2, 0.25) is 5.91 Å². The SMILES string of the molecule is CCNC(=O)[C@@H](N)CS. The molecule has 4 heteroatoms. The maximum Gasteiger partial charge on any atom is 0.237 e. The van der Waals surface area contributed by atoms with E-state index in [-0.39, 0.29) is 5.91 Å². The van der Waals surface area contributed by atoms with Crippen molar-refractivity contribution in [2.24, 2.45) is 5.73 Å². The van der Waals surface area contributed by atoms with Gasteiger partial charge in [-0.3, -0.25) is 4.79 Å². The minimum atomic E-state index is -0.465. The summed E-state index contributed by atoms with van der Waals surface area (Å²) in [6.07, 6.45) is 0. The van der Waals surface area contributed by atoms with E-state index in [1.807, 2.05) is 6.92 Å². The van der Waals surface area contributed by atoms with Crippen molar-refractivity contribution in [3.05, 3.63) is 0 Å². The molecule has 0 spiro atoms. The molecule has 0 aliphatic rings. The summed E-state index contributed by atoms with van der Waals surface area (Å²) >= 11 is 3.86. The van der Waals surface area contributed by atoms with Crippen LogP contribution in [0.2, 0.25) is 0 Å². The predicted molar refractivity (Wildman–Crippen MR) is 40.5 cm³/mol. The van der Waals surface area contributed by atoms with E-state index in [1.54, 1.807) is 0 Å². The molecule has 1 amide bonds. The first-order valence-electron chi connectivity index (χ1n) is 2.86. The van der Waals surface area contributed by atoms with Gasteiger partial charge in [0, 0.05) is 12.3 Å². The zero-order chi connectivity index (χ0) is 7.28. The van der Waals surface area contributed by atoms with Crippen LogP contribution in [-0.2, 0) is 4.79 Å². The normalized spacial score (nSPS) is 12.8. The van der Waals surface area contributed by atoms with E-state index in [9.17, 15) is 4.79 Å². The van der Waals surface area contributed by atoms with Crippen LogP contribution >= 0.6 is 12.6 Å². The van der Waals surface area contributed by atoms with E-state index in [1.165, 1.54) is 0 Å². The van der Waals surface area contributed by atoms with Crippen molar-refractivity contribution in [1.29, 1.82) is 0 Å². The fourth-order valence-electron chi connectivity index (χ4n) is 0.388. The molecule has 9 heavy (non-hydrogen) atoms. The molecule has 0 heterocycles. The van der Waals surface area contributed by atoms with Gasteiger partial charge in [0.25, 0.3) is 0 Å². The van der Waals surface area contributed by atoms with Crippen LogP contribution < -0.4 is 11.1 Å². The van der Waals surface area contributed by atoms with Gasteiger partial charge < -0.3 is 11.1 Å². The highest BCUT2D eigenvalue weighted by molar-refractivity contribution is 7.80. The molecule has 3 N–H and O–H groups in total. The zero-order valence-electron chi connectivity index (χ0n) is 5.42. The fourth-order valence-corrected chi connectivity index (χ4v) is 0.554. The van der Waals surface area contributed by atoms with Crippen molar-refractivity contribution in [1.82, 2.24) is 5.32 Å². The molecule has 0 aromatic carbocycles. The molecule has 0 saturated carbocycles. The van der Waals surface area contributed by atoms with Crippen LogP contribution in [0, 0.1) is 0 Å². The van der Waals surface area contributed by atoms with Crippen molar-refractivity contribution in [2.75, 3.05) is 12.3 Å². The Balaban J connectivity index is 3.46. The summed E-state index contributed by atoms with van der Waals surface area (Å²) in [6, 6.07) is -0.465. The summed E-state index contributed by atoms with van der Waals surface area (Å²) in [5, 5.41) is 2.58. The van der Waals surface area contributed by atoms with Crippen LogP contribution in [0.3, 0.4) is 0 Å². The summed E-state index contributed by atoms with van der Waals surface area (Å²) in [6.45, 7) is 2.48. The lowest BCUT2D eigenvalue weighted by atomic mass is 10.3. The molecule has 54 valence electrons. The monoisotopic (exact) mass is 148 g/mol. The van der Waals surface area contributed by atoms with Crippen LogP contribution in [0.5, 0.6) is 0 Å². The Bertz CT molecular complexity index is 97.0. The molecule has 0 aromatic rings. The van der Waals surface area contributed by atoms with E-state index in [2.05, 4.69) is 17.9 Å². The Morgan fingerprint density at radius 1 is 1.89 bits per heavy atom. The van der Waals surface area contributed by atoms with E-state index in [4.69, 9.17) is 5.73 Å². The molecule has 0 aliphatic heterocycles. The third kappa shape index (κ3) is 3.37. The van der Waals surface area contributed by atoms with Gasteiger partial charge in [-0.1, -0.05) is 0 Å².